The molecule has 1 atom stereocenters. The van der Waals surface area contributed by atoms with E-state index in [1.165, 1.54) is 27.7 Å². The molecule has 7 nitrogen and oxygen atoms in total. The fourth-order valence-electron chi connectivity index (χ4n) is 3.98. The van der Waals surface area contributed by atoms with Gasteiger partial charge in [-0.15, -0.1) is 11.3 Å². The fourth-order valence-corrected chi connectivity index (χ4v) is 6.13. The average Bonchev–Trinajstić information content (AvgIpc) is 2.97. The van der Waals surface area contributed by atoms with Crippen molar-refractivity contribution in [3.05, 3.63) is 50.6 Å². The van der Waals surface area contributed by atoms with Gasteiger partial charge >= 0.3 is 5.97 Å². The normalized spacial score (nSPS) is 14.4. The van der Waals surface area contributed by atoms with Crippen molar-refractivity contribution >= 4 is 50.9 Å². The van der Waals surface area contributed by atoms with Crippen molar-refractivity contribution in [2.24, 2.45) is 7.05 Å². The third-order valence-corrected chi connectivity index (χ3v) is 8.08. The van der Waals surface area contributed by atoms with Crippen LogP contribution in [0.25, 0.3) is 10.9 Å². The number of thioether (sulfide) groups is 1. The molecule has 0 spiro atoms. The lowest BCUT2D eigenvalue weighted by Crippen LogP contribution is -2.26. The second kappa shape index (κ2) is 10.1. The Labute approximate surface area is 200 Å². The summed E-state index contributed by atoms with van der Waals surface area (Å²) in [4.78, 5) is 44.2. The molecular formula is C24H27N3O4S2. The molecule has 4 rings (SSSR count). The van der Waals surface area contributed by atoms with Gasteiger partial charge in [0.25, 0.3) is 5.56 Å². The molecule has 1 aromatic carbocycles. The van der Waals surface area contributed by atoms with Crippen molar-refractivity contribution < 1.29 is 14.3 Å². The van der Waals surface area contributed by atoms with Crippen molar-refractivity contribution in [2.75, 3.05) is 11.9 Å². The van der Waals surface area contributed by atoms with E-state index in [-0.39, 0.29) is 24.0 Å². The van der Waals surface area contributed by atoms with Crippen LogP contribution in [0.2, 0.25) is 0 Å². The molecule has 3 aromatic rings. The zero-order valence-electron chi connectivity index (χ0n) is 19.0. The van der Waals surface area contributed by atoms with Crippen LogP contribution in [0.1, 0.15) is 53.9 Å². The van der Waals surface area contributed by atoms with Gasteiger partial charge in [-0.1, -0.05) is 30.3 Å². The number of amides is 1. The van der Waals surface area contributed by atoms with Crippen LogP contribution in [-0.2, 0) is 29.4 Å². The van der Waals surface area contributed by atoms with Crippen LogP contribution in [0.15, 0.2) is 34.2 Å². The Kier molecular flexibility index (Phi) is 7.19. The first-order valence-electron chi connectivity index (χ1n) is 11.2. The van der Waals surface area contributed by atoms with E-state index < -0.39 is 5.25 Å². The number of carbonyl (C=O) groups excluding carboxylic acids is 2. The smallest absolute Gasteiger partial charge is 0.341 e. The number of fused-ring (bicyclic) bond motifs is 2. The van der Waals surface area contributed by atoms with E-state index in [1.807, 2.05) is 6.07 Å². The minimum Gasteiger partial charge on any atom is -0.462 e. The van der Waals surface area contributed by atoms with Gasteiger partial charge in [0, 0.05) is 11.9 Å². The molecular weight excluding hydrogens is 458 g/mol. The van der Waals surface area contributed by atoms with Crippen molar-refractivity contribution in [2.45, 2.75) is 56.4 Å². The first-order valence-corrected chi connectivity index (χ1v) is 12.8. The van der Waals surface area contributed by atoms with E-state index in [0.717, 1.165) is 42.5 Å². The molecule has 0 radical (unpaired) electrons. The van der Waals surface area contributed by atoms with E-state index in [9.17, 15) is 14.4 Å². The Balaban J connectivity index is 1.59. The maximum atomic E-state index is 13.1. The molecule has 0 saturated carbocycles. The van der Waals surface area contributed by atoms with Crippen LogP contribution in [0.5, 0.6) is 0 Å². The molecule has 0 bridgehead atoms. The Morgan fingerprint density at radius 3 is 2.79 bits per heavy atom. The monoisotopic (exact) mass is 485 g/mol. The van der Waals surface area contributed by atoms with Crippen LogP contribution in [-0.4, -0.2) is 33.3 Å². The van der Waals surface area contributed by atoms with Gasteiger partial charge in [-0.3, -0.25) is 14.2 Å². The minimum absolute atomic E-state index is 0.151. The van der Waals surface area contributed by atoms with Crippen molar-refractivity contribution in [1.82, 2.24) is 9.55 Å². The number of benzene rings is 1. The lowest BCUT2D eigenvalue weighted by atomic mass is 10.1. The Bertz CT molecular complexity index is 1260. The summed E-state index contributed by atoms with van der Waals surface area (Å²) in [5.41, 5.74) is 1.97. The maximum Gasteiger partial charge on any atom is 0.341 e. The molecule has 1 amide bonds. The summed E-state index contributed by atoms with van der Waals surface area (Å²) in [6, 6.07) is 7.16. The van der Waals surface area contributed by atoms with Gasteiger partial charge in [-0.2, -0.15) is 0 Å². The SMILES string of the molecule is CCOC(=O)c1c(NC(=O)C(C)Sc2nc3ccccc3c(=O)n2C)sc2c1CCCCC2. The van der Waals surface area contributed by atoms with Crippen molar-refractivity contribution in [3.63, 3.8) is 0 Å². The molecule has 9 heteroatoms. The number of rotatable bonds is 6. The van der Waals surface area contributed by atoms with Gasteiger partial charge in [0.2, 0.25) is 5.91 Å². The highest BCUT2D eigenvalue weighted by Gasteiger charge is 2.28. The summed E-state index contributed by atoms with van der Waals surface area (Å²) in [6.07, 6.45) is 4.98. The summed E-state index contributed by atoms with van der Waals surface area (Å²) in [5.74, 6) is -0.629. The number of esters is 1. The number of anilines is 1. The predicted octanol–water partition coefficient (Wildman–Crippen LogP) is 4.56. The minimum atomic E-state index is -0.527. The number of aromatic nitrogens is 2. The highest BCUT2D eigenvalue weighted by atomic mass is 32.2. The summed E-state index contributed by atoms with van der Waals surface area (Å²) in [5, 5.41) is 4.00. The maximum absolute atomic E-state index is 13.1. The second-order valence-corrected chi connectivity index (χ2v) is 10.4. The standard InChI is InChI=1S/C24H27N3O4S2/c1-4-31-23(30)19-16-11-6-5-7-13-18(16)33-21(19)26-20(28)14(2)32-24-25-17-12-9-8-10-15(17)22(29)27(24)3/h8-10,12,14H,4-7,11,13H2,1-3H3,(H,26,28). The number of hydrogen-bond acceptors (Lipinski definition) is 7. The Morgan fingerprint density at radius 1 is 1.24 bits per heavy atom. The number of thiophene rings is 1. The second-order valence-electron chi connectivity index (χ2n) is 8.01. The number of para-hydroxylation sites is 1. The average molecular weight is 486 g/mol. The predicted molar refractivity (Wildman–Crippen MR) is 132 cm³/mol. The van der Waals surface area contributed by atoms with E-state index in [1.54, 1.807) is 39.1 Å². The van der Waals surface area contributed by atoms with E-state index in [2.05, 4.69) is 10.3 Å². The molecule has 1 aliphatic carbocycles. The number of carbonyl (C=O) groups is 2. The van der Waals surface area contributed by atoms with E-state index in [4.69, 9.17) is 4.74 Å². The molecule has 2 heterocycles. The Hall–Kier alpha value is -2.65. The van der Waals surface area contributed by atoms with Gasteiger partial charge in [0.15, 0.2) is 5.16 Å². The molecule has 0 aliphatic heterocycles. The zero-order chi connectivity index (χ0) is 23.5. The molecule has 0 saturated heterocycles. The molecule has 1 N–H and O–H groups in total. The van der Waals surface area contributed by atoms with Crippen LogP contribution in [0, 0.1) is 0 Å². The van der Waals surface area contributed by atoms with Crippen molar-refractivity contribution in [3.8, 4) is 0 Å². The zero-order valence-corrected chi connectivity index (χ0v) is 20.6. The number of nitrogens with zero attached hydrogens (tertiary/aromatic N) is 2. The number of hydrogen-bond donors (Lipinski definition) is 1. The molecule has 2 aromatic heterocycles. The molecule has 1 aliphatic rings. The summed E-state index contributed by atoms with van der Waals surface area (Å²) in [6.45, 7) is 3.83. The molecule has 1 unspecified atom stereocenters. The summed E-state index contributed by atoms with van der Waals surface area (Å²) >= 11 is 2.69. The third-order valence-electron chi connectivity index (χ3n) is 5.73. The van der Waals surface area contributed by atoms with Crippen LogP contribution in [0.3, 0.4) is 0 Å². The number of ether oxygens (including phenoxy) is 1. The summed E-state index contributed by atoms with van der Waals surface area (Å²) < 4.78 is 6.77. The molecule has 174 valence electrons. The largest absolute Gasteiger partial charge is 0.462 e. The molecule has 0 fully saturated rings. The Morgan fingerprint density at radius 2 is 2.00 bits per heavy atom. The highest BCUT2D eigenvalue weighted by molar-refractivity contribution is 8.00. The van der Waals surface area contributed by atoms with Gasteiger partial charge in [-0.25, -0.2) is 9.78 Å². The third kappa shape index (κ3) is 4.84. The van der Waals surface area contributed by atoms with Crippen LogP contribution in [0.4, 0.5) is 5.00 Å². The van der Waals surface area contributed by atoms with Gasteiger partial charge in [0.1, 0.15) is 5.00 Å². The van der Waals surface area contributed by atoms with Crippen LogP contribution >= 0.6 is 23.1 Å². The fraction of sp³-hybridized carbons (Fsp3) is 0.417. The number of aryl methyl sites for hydroxylation is 1. The van der Waals surface area contributed by atoms with E-state index in [0.29, 0.717) is 26.6 Å². The van der Waals surface area contributed by atoms with E-state index >= 15 is 0 Å². The highest BCUT2D eigenvalue weighted by Crippen LogP contribution is 2.38. The first-order chi connectivity index (χ1) is 15.9. The lowest BCUT2D eigenvalue weighted by molar-refractivity contribution is -0.115. The number of nitrogens with one attached hydrogen (secondary N) is 1. The van der Waals surface area contributed by atoms with Gasteiger partial charge in [-0.05, 0) is 57.2 Å². The van der Waals surface area contributed by atoms with Gasteiger partial charge in [0.05, 0.1) is 28.3 Å². The van der Waals surface area contributed by atoms with Gasteiger partial charge < -0.3 is 10.1 Å². The molecule has 33 heavy (non-hydrogen) atoms. The van der Waals surface area contributed by atoms with Crippen molar-refractivity contribution in [1.29, 1.82) is 0 Å². The summed E-state index contributed by atoms with van der Waals surface area (Å²) in [7, 11) is 1.66. The topological polar surface area (TPSA) is 90.3 Å². The van der Waals surface area contributed by atoms with Crippen LogP contribution < -0.4 is 10.9 Å². The quantitative estimate of drug-likeness (QED) is 0.238. The first kappa shape index (κ1) is 23.5. The lowest BCUT2D eigenvalue weighted by Gasteiger charge is -2.14.